The van der Waals surface area contributed by atoms with E-state index in [0.717, 1.165) is 14.2 Å². The Kier molecular flexibility index (Phi) is 8.64. The van der Waals surface area contributed by atoms with Crippen molar-refractivity contribution in [3.8, 4) is 12.1 Å². The normalized spacial score (nSPS) is 15.0. The van der Waals surface area contributed by atoms with Crippen molar-refractivity contribution in [3.05, 3.63) is 12.2 Å². The maximum Gasteiger partial charge on any atom is 0.328 e. The van der Waals surface area contributed by atoms with E-state index in [4.69, 9.17) is 14.2 Å². The Labute approximate surface area is 140 Å². The summed E-state index contributed by atoms with van der Waals surface area (Å²) < 4.78 is 24.2. The zero-order chi connectivity index (χ0) is 18.8. The van der Waals surface area contributed by atoms with Crippen molar-refractivity contribution >= 4 is 11.9 Å². The van der Waals surface area contributed by atoms with Crippen LogP contribution in [0.5, 0.6) is 0 Å². The molecule has 0 aliphatic carbocycles. The van der Waals surface area contributed by atoms with Crippen LogP contribution in [-0.4, -0.2) is 53.5 Å². The quantitative estimate of drug-likeness (QED) is 0.335. The minimum absolute atomic E-state index is 0.332. The van der Waals surface area contributed by atoms with Crippen molar-refractivity contribution < 1.29 is 33.3 Å². The van der Waals surface area contributed by atoms with Gasteiger partial charge in [-0.05, 0) is 6.42 Å². The van der Waals surface area contributed by atoms with E-state index < -0.39 is 29.2 Å². The minimum atomic E-state index is -2.09. The van der Waals surface area contributed by atoms with Crippen molar-refractivity contribution in [1.82, 2.24) is 0 Å². The molecule has 2 atom stereocenters. The van der Waals surface area contributed by atoms with Gasteiger partial charge in [0.2, 0.25) is 0 Å². The van der Waals surface area contributed by atoms with Gasteiger partial charge in [0.05, 0.1) is 26.4 Å². The smallest absolute Gasteiger partial charge is 0.328 e. The van der Waals surface area contributed by atoms with Crippen molar-refractivity contribution in [3.63, 3.8) is 0 Å². The number of esters is 2. The molecule has 0 N–H and O–H groups in total. The second kappa shape index (κ2) is 9.63. The van der Waals surface area contributed by atoms with Crippen molar-refractivity contribution in [1.29, 1.82) is 10.5 Å². The molecule has 0 rings (SSSR count). The molecule has 0 bridgehead atoms. The Hall–Kier alpha value is -2.46. The largest absolute Gasteiger partial charge is 0.468 e. The summed E-state index contributed by atoms with van der Waals surface area (Å²) in [7, 11) is 6.06. The molecule has 0 saturated carbocycles. The summed E-state index contributed by atoms with van der Waals surface area (Å²) in [5.41, 5.74) is -2.09. The number of hydrogen-bond donors (Lipinski definition) is 0. The second-order valence-corrected chi connectivity index (χ2v) is 4.48. The molecule has 9 heteroatoms. The van der Waals surface area contributed by atoms with Crippen LogP contribution in [0.4, 0.5) is 0 Å². The van der Waals surface area contributed by atoms with E-state index in [9.17, 15) is 20.1 Å². The van der Waals surface area contributed by atoms with Crippen molar-refractivity contribution in [2.75, 3.05) is 35.5 Å². The summed E-state index contributed by atoms with van der Waals surface area (Å²) >= 11 is 0. The molecule has 0 radical (unpaired) electrons. The number of carbonyl (C=O) groups excluding carboxylic acids is 2. The highest BCUT2D eigenvalue weighted by Crippen LogP contribution is 2.34. The molecular weight excluding hydrogens is 320 g/mol. The molecule has 0 spiro atoms. The Morgan fingerprint density at radius 1 is 1.04 bits per heavy atom. The predicted molar refractivity (Wildman–Crippen MR) is 78.7 cm³/mol. The summed E-state index contributed by atoms with van der Waals surface area (Å²) in [5, 5.41) is 18.7. The van der Waals surface area contributed by atoms with Gasteiger partial charge in [0, 0.05) is 27.4 Å². The van der Waals surface area contributed by atoms with Crippen LogP contribution in [0.2, 0.25) is 0 Å². The number of nitriles is 2. The van der Waals surface area contributed by atoms with Gasteiger partial charge in [-0.15, -0.1) is 0 Å². The molecule has 0 aromatic heterocycles. The number of methoxy groups -OCH3 is 5. The molecule has 0 aliphatic rings. The standard InChI is InChI=1S/C15H20N2O7/c1-20-12(18)11(9-16)14(10-17,13(19)21-2)7-6-8-15(22-3,23-4)24-5/h6,8,11H,7H2,1-5H3/b8-6+. The van der Waals surface area contributed by atoms with Crippen LogP contribution in [0.25, 0.3) is 0 Å². The number of allylic oxidation sites excluding steroid dienone is 1. The third-order valence-electron chi connectivity index (χ3n) is 3.42. The molecule has 0 saturated heterocycles. The fourth-order valence-electron chi connectivity index (χ4n) is 1.98. The summed E-state index contributed by atoms with van der Waals surface area (Å²) in [6, 6.07) is 3.33. The van der Waals surface area contributed by atoms with Gasteiger partial charge in [-0.1, -0.05) is 6.08 Å². The van der Waals surface area contributed by atoms with Gasteiger partial charge in [0.1, 0.15) is 0 Å². The third kappa shape index (κ3) is 4.30. The highest BCUT2D eigenvalue weighted by molar-refractivity contribution is 5.89. The average molecular weight is 340 g/mol. The summed E-state index contributed by atoms with van der Waals surface area (Å²) in [6.45, 7) is 0. The Bertz CT molecular complexity index is 549. The lowest BCUT2D eigenvalue weighted by atomic mass is 9.74. The van der Waals surface area contributed by atoms with Gasteiger partial charge in [0.25, 0.3) is 0 Å². The van der Waals surface area contributed by atoms with Gasteiger partial charge in [-0.3, -0.25) is 9.59 Å². The van der Waals surface area contributed by atoms with E-state index in [1.54, 1.807) is 12.1 Å². The van der Waals surface area contributed by atoms with E-state index in [2.05, 4.69) is 9.47 Å². The molecule has 0 aromatic carbocycles. The van der Waals surface area contributed by atoms with Gasteiger partial charge in [0.15, 0.2) is 11.3 Å². The molecule has 0 amide bonds. The number of ether oxygens (including phenoxy) is 5. The molecular formula is C15H20N2O7. The SMILES string of the molecule is COC(=O)C(C#N)C(C#N)(C/C=C/C(OC)(OC)OC)C(=O)OC. The highest BCUT2D eigenvalue weighted by atomic mass is 16.9. The van der Waals surface area contributed by atoms with Crippen molar-refractivity contribution in [2.24, 2.45) is 11.3 Å². The molecule has 0 fully saturated rings. The van der Waals surface area contributed by atoms with Crippen LogP contribution in [-0.2, 0) is 33.3 Å². The minimum Gasteiger partial charge on any atom is -0.468 e. The van der Waals surface area contributed by atoms with Gasteiger partial charge in [-0.2, -0.15) is 10.5 Å². The monoisotopic (exact) mass is 340 g/mol. The van der Waals surface area contributed by atoms with E-state index in [1.807, 2.05) is 0 Å². The van der Waals surface area contributed by atoms with E-state index in [-0.39, 0.29) is 6.42 Å². The lowest BCUT2D eigenvalue weighted by molar-refractivity contribution is -0.318. The van der Waals surface area contributed by atoms with Crippen LogP contribution in [0.1, 0.15) is 6.42 Å². The van der Waals surface area contributed by atoms with Crippen LogP contribution < -0.4 is 0 Å². The summed E-state index contributed by atoms with van der Waals surface area (Å²) in [6.07, 6.45) is 2.29. The summed E-state index contributed by atoms with van der Waals surface area (Å²) in [5.74, 6) is -5.27. The highest BCUT2D eigenvalue weighted by Gasteiger charge is 2.51. The lowest BCUT2D eigenvalue weighted by Gasteiger charge is -2.27. The van der Waals surface area contributed by atoms with Crippen LogP contribution in [0, 0.1) is 34.0 Å². The average Bonchev–Trinajstić information content (AvgIpc) is 2.63. The van der Waals surface area contributed by atoms with Crippen LogP contribution >= 0.6 is 0 Å². The van der Waals surface area contributed by atoms with Gasteiger partial charge >= 0.3 is 17.9 Å². The lowest BCUT2D eigenvalue weighted by Crippen LogP contribution is -2.42. The number of rotatable bonds is 9. The first kappa shape index (κ1) is 21.5. The topological polar surface area (TPSA) is 128 Å². The summed E-state index contributed by atoms with van der Waals surface area (Å²) in [4.78, 5) is 23.9. The predicted octanol–water partition coefficient (Wildman–Crippen LogP) is 0.521. The fraction of sp³-hybridized carbons (Fsp3) is 0.600. The van der Waals surface area contributed by atoms with Crippen molar-refractivity contribution in [2.45, 2.75) is 12.4 Å². The molecule has 24 heavy (non-hydrogen) atoms. The second-order valence-electron chi connectivity index (χ2n) is 4.48. The Morgan fingerprint density at radius 2 is 1.58 bits per heavy atom. The number of hydrogen-bond acceptors (Lipinski definition) is 9. The fourth-order valence-corrected chi connectivity index (χ4v) is 1.98. The Morgan fingerprint density at radius 3 is 1.92 bits per heavy atom. The molecule has 132 valence electrons. The maximum absolute atomic E-state index is 12.1. The first-order valence-electron chi connectivity index (χ1n) is 6.67. The zero-order valence-electron chi connectivity index (χ0n) is 14.2. The molecule has 0 aromatic rings. The number of carbonyl (C=O) groups is 2. The number of nitrogens with zero attached hydrogens (tertiary/aromatic N) is 2. The molecule has 9 nitrogen and oxygen atoms in total. The first-order valence-corrected chi connectivity index (χ1v) is 6.67. The van der Waals surface area contributed by atoms with Crippen LogP contribution in [0.3, 0.4) is 0 Å². The molecule has 2 unspecified atom stereocenters. The van der Waals surface area contributed by atoms with Crippen LogP contribution in [0.15, 0.2) is 12.2 Å². The first-order chi connectivity index (χ1) is 11.4. The molecule has 0 heterocycles. The zero-order valence-corrected chi connectivity index (χ0v) is 14.2. The van der Waals surface area contributed by atoms with E-state index in [0.29, 0.717) is 0 Å². The van der Waals surface area contributed by atoms with E-state index >= 15 is 0 Å². The Balaban J connectivity index is 5.85. The van der Waals surface area contributed by atoms with Gasteiger partial charge in [-0.25, -0.2) is 0 Å². The van der Waals surface area contributed by atoms with E-state index in [1.165, 1.54) is 33.5 Å². The van der Waals surface area contributed by atoms with Gasteiger partial charge < -0.3 is 23.7 Å². The maximum atomic E-state index is 12.1. The molecule has 0 aliphatic heterocycles. The third-order valence-corrected chi connectivity index (χ3v) is 3.42.